The maximum absolute atomic E-state index is 13.0. The monoisotopic (exact) mass is 341 g/mol. The molecule has 2 fully saturated rings. The number of nitrogens with zero attached hydrogens (tertiary/aromatic N) is 3. The molecule has 0 spiro atoms. The zero-order valence-corrected chi connectivity index (χ0v) is 14.9. The Labute approximate surface area is 149 Å². The second-order valence-corrected chi connectivity index (χ2v) is 7.36. The zero-order valence-electron chi connectivity index (χ0n) is 14.9. The number of anilines is 1. The van der Waals surface area contributed by atoms with Crippen LogP contribution >= 0.6 is 0 Å². The van der Waals surface area contributed by atoms with E-state index in [0.717, 1.165) is 50.9 Å². The van der Waals surface area contributed by atoms with Gasteiger partial charge in [0.05, 0.1) is 23.8 Å². The van der Waals surface area contributed by atoms with Crippen molar-refractivity contribution < 1.29 is 9.90 Å². The van der Waals surface area contributed by atoms with E-state index in [0.29, 0.717) is 5.56 Å². The molecule has 2 aliphatic rings. The van der Waals surface area contributed by atoms with Crippen molar-refractivity contribution in [1.29, 1.82) is 5.26 Å². The number of carbonyl (C=O) groups is 1. The van der Waals surface area contributed by atoms with E-state index in [1.807, 2.05) is 24.1 Å². The number of rotatable bonds is 4. The minimum atomic E-state index is -0.232. The zero-order chi connectivity index (χ0) is 17.8. The van der Waals surface area contributed by atoms with Gasteiger partial charge >= 0.3 is 0 Å². The lowest BCUT2D eigenvalue weighted by molar-refractivity contribution is -0.125. The van der Waals surface area contributed by atoms with Gasteiger partial charge in [-0.05, 0) is 62.9 Å². The minimum absolute atomic E-state index is 0.126. The van der Waals surface area contributed by atoms with Gasteiger partial charge in [-0.3, -0.25) is 9.69 Å². The van der Waals surface area contributed by atoms with Crippen LogP contribution in [0.25, 0.3) is 0 Å². The summed E-state index contributed by atoms with van der Waals surface area (Å²) in [5, 5.41) is 19.1. The molecular weight excluding hydrogens is 314 g/mol. The molecule has 0 aromatic heterocycles. The Morgan fingerprint density at radius 3 is 2.60 bits per heavy atom. The number of likely N-dealkylation sites (N-methyl/N-ethyl adjacent to an activating group) is 1. The highest BCUT2D eigenvalue weighted by Crippen LogP contribution is 2.28. The lowest BCUT2D eigenvalue weighted by Gasteiger charge is -2.39. The number of nitriles is 1. The van der Waals surface area contributed by atoms with Gasteiger partial charge in [0.1, 0.15) is 0 Å². The Kier molecular flexibility index (Phi) is 5.72. The van der Waals surface area contributed by atoms with Gasteiger partial charge in [-0.15, -0.1) is 0 Å². The van der Waals surface area contributed by atoms with Crippen LogP contribution in [-0.4, -0.2) is 48.2 Å². The van der Waals surface area contributed by atoms with Gasteiger partial charge in [0.25, 0.3) is 0 Å². The summed E-state index contributed by atoms with van der Waals surface area (Å²) in [6.07, 6.45) is 5.81. The van der Waals surface area contributed by atoms with E-state index in [9.17, 15) is 9.90 Å². The van der Waals surface area contributed by atoms with Crippen LogP contribution in [0.2, 0.25) is 0 Å². The van der Waals surface area contributed by atoms with Crippen LogP contribution in [0, 0.1) is 17.2 Å². The van der Waals surface area contributed by atoms with Gasteiger partial charge in [-0.1, -0.05) is 12.8 Å². The molecule has 1 aromatic carbocycles. The molecule has 0 radical (unpaired) electrons. The summed E-state index contributed by atoms with van der Waals surface area (Å²) in [6.45, 7) is 1.50. The van der Waals surface area contributed by atoms with Gasteiger partial charge in [0.15, 0.2) is 0 Å². The molecule has 3 unspecified atom stereocenters. The average molecular weight is 341 g/mol. The second-order valence-electron chi connectivity index (χ2n) is 7.36. The predicted molar refractivity (Wildman–Crippen MR) is 97.1 cm³/mol. The first-order valence-electron chi connectivity index (χ1n) is 9.30. The summed E-state index contributed by atoms with van der Waals surface area (Å²) >= 11 is 0. The predicted octanol–water partition coefficient (Wildman–Crippen LogP) is 2.54. The maximum atomic E-state index is 13.0. The van der Waals surface area contributed by atoms with Crippen molar-refractivity contribution in [2.24, 2.45) is 5.92 Å². The number of carbonyl (C=O) groups excluding carboxylic acids is 1. The molecule has 134 valence electrons. The Hall–Kier alpha value is -1.90. The fourth-order valence-electron chi connectivity index (χ4n) is 4.14. The topological polar surface area (TPSA) is 67.6 Å². The molecule has 3 atom stereocenters. The van der Waals surface area contributed by atoms with Crippen molar-refractivity contribution >= 4 is 11.6 Å². The van der Waals surface area contributed by atoms with E-state index >= 15 is 0 Å². The van der Waals surface area contributed by atoms with Crippen LogP contribution in [0.3, 0.4) is 0 Å². The lowest BCUT2D eigenvalue weighted by atomic mass is 9.85. The van der Waals surface area contributed by atoms with Gasteiger partial charge in [0.2, 0.25) is 5.91 Å². The molecule has 1 saturated heterocycles. The highest BCUT2D eigenvalue weighted by molar-refractivity contribution is 5.97. The van der Waals surface area contributed by atoms with E-state index in [-0.39, 0.29) is 24.0 Å². The van der Waals surface area contributed by atoms with Crippen LogP contribution in [0.4, 0.5) is 5.69 Å². The Balaban J connectivity index is 1.67. The summed E-state index contributed by atoms with van der Waals surface area (Å²) < 4.78 is 0. The smallest absolute Gasteiger partial charge is 0.244 e. The first-order valence-corrected chi connectivity index (χ1v) is 9.30. The molecule has 5 nitrogen and oxygen atoms in total. The first kappa shape index (κ1) is 17.9. The normalized spacial score (nSPS) is 27.4. The highest BCUT2D eigenvalue weighted by atomic mass is 16.3. The van der Waals surface area contributed by atoms with Gasteiger partial charge in [-0.2, -0.15) is 5.26 Å². The number of piperidine rings is 1. The molecule has 1 aromatic rings. The van der Waals surface area contributed by atoms with Crippen molar-refractivity contribution in [3.8, 4) is 6.07 Å². The summed E-state index contributed by atoms with van der Waals surface area (Å²) in [4.78, 5) is 17.0. The third-order valence-electron chi connectivity index (χ3n) is 5.64. The lowest BCUT2D eigenvalue weighted by Crippen LogP contribution is -2.53. The van der Waals surface area contributed by atoms with E-state index in [1.54, 1.807) is 12.1 Å². The third kappa shape index (κ3) is 4.02. The summed E-state index contributed by atoms with van der Waals surface area (Å²) in [5.74, 6) is 0.403. The quantitative estimate of drug-likeness (QED) is 0.914. The van der Waals surface area contributed by atoms with Crippen LogP contribution in [0.15, 0.2) is 24.3 Å². The van der Waals surface area contributed by atoms with Crippen molar-refractivity contribution in [2.75, 3.05) is 25.0 Å². The summed E-state index contributed by atoms with van der Waals surface area (Å²) in [7, 11) is 2.01. The molecule has 5 heteroatoms. The number of aliphatic hydroxyl groups excluding tert-OH is 1. The Bertz CT molecular complexity index is 637. The standard InChI is InChI=1S/C20H27N3O2/c1-22(14-16-5-2-3-7-19(16)24)18-6-4-12-23(20(18)25)17-10-8-15(13-21)9-11-17/h8-11,16,18-19,24H,2-7,12,14H2,1H3. The molecule has 1 aliphatic heterocycles. The van der Waals surface area contributed by atoms with Crippen molar-refractivity contribution in [2.45, 2.75) is 50.7 Å². The maximum Gasteiger partial charge on any atom is 0.244 e. The van der Waals surface area contributed by atoms with Crippen molar-refractivity contribution in [3.05, 3.63) is 29.8 Å². The Morgan fingerprint density at radius 1 is 1.20 bits per heavy atom. The second kappa shape index (κ2) is 7.99. The summed E-state index contributed by atoms with van der Waals surface area (Å²) in [5.41, 5.74) is 1.47. The SMILES string of the molecule is CN(CC1CCCCC1O)C1CCCN(c2ccc(C#N)cc2)C1=O. The molecule has 1 saturated carbocycles. The van der Waals surface area contributed by atoms with E-state index in [4.69, 9.17) is 5.26 Å². The van der Waals surface area contributed by atoms with Crippen molar-refractivity contribution in [1.82, 2.24) is 4.90 Å². The fourth-order valence-corrected chi connectivity index (χ4v) is 4.14. The van der Waals surface area contributed by atoms with Crippen LogP contribution in [0.5, 0.6) is 0 Å². The molecule has 1 amide bonds. The number of benzene rings is 1. The van der Waals surface area contributed by atoms with Crippen LogP contribution < -0.4 is 4.90 Å². The molecular formula is C20H27N3O2. The molecule has 1 heterocycles. The van der Waals surface area contributed by atoms with Gasteiger partial charge < -0.3 is 10.0 Å². The number of hydrogen-bond donors (Lipinski definition) is 1. The van der Waals surface area contributed by atoms with E-state index < -0.39 is 0 Å². The van der Waals surface area contributed by atoms with E-state index in [2.05, 4.69) is 11.0 Å². The molecule has 1 N–H and O–H groups in total. The van der Waals surface area contributed by atoms with Crippen LogP contribution in [0.1, 0.15) is 44.1 Å². The Morgan fingerprint density at radius 2 is 1.92 bits per heavy atom. The molecule has 25 heavy (non-hydrogen) atoms. The van der Waals surface area contributed by atoms with Crippen molar-refractivity contribution in [3.63, 3.8) is 0 Å². The fraction of sp³-hybridized carbons (Fsp3) is 0.600. The average Bonchev–Trinajstić information content (AvgIpc) is 2.64. The molecule has 0 bridgehead atoms. The number of amides is 1. The number of aliphatic hydroxyl groups is 1. The molecule has 1 aliphatic carbocycles. The van der Waals surface area contributed by atoms with Gasteiger partial charge in [-0.25, -0.2) is 0 Å². The summed E-state index contributed by atoms with van der Waals surface area (Å²) in [6, 6.07) is 9.20. The molecule has 3 rings (SSSR count). The first-order chi connectivity index (χ1) is 12.1. The third-order valence-corrected chi connectivity index (χ3v) is 5.64. The largest absolute Gasteiger partial charge is 0.393 e. The van der Waals surface area contributed by atoms with Crippen LogP contribution in [-0.2, 0) is 4.79 Å². The highest BCUT2D eigenvalue weighted by Gasteiger charge is 2.34. The van der Waals surface area contributed by atoms with Gasteiger partial charge in [0, 0.05) is 18.8 Å². The number of hydrogen-bond acceptors (Lipinski definition) is 4. The van der Waals surface area contributed by atoms with E-state index in [1.165, 1.54) is 6.42 Å². The minimum Gasteiger partial charge on any atom is -0.393 e.